The predicted molar refractivity (Wildman–Crippen MR) is 81.4 cm³/mol. The molecule has 1 aromatic rings. The molecule has 3 nitrogen and oxygen atoms in total. The summed E-state index contributed by atoms with van der Waals surface area (Å²) in [5, 5.41) is 0.855. The zero-order valence-corrected chi connectivity index (χ0v) is 13.2. The van der Waals surface area contributed by atoms with Gasteiger partial charge in [0.1, 0.15) is 15.6 Å². The van der Waals surface area contributed by atoms with Crippen molar-refractivity contribution >= 4 is 40.3 Å². The molecule has 0 amide bonds. The van der Waals surface area contributed by atoms with Crippen LogP contribution in [0.1, 0.15) is 38.7 Å². The van der Waals surface area contributed by atoms with Crippen LogP contribution in [0, 0.1) is 5.92 Å². The lowest BCUT2D eigenvalue weighted by atomic mass is 10.2. The van der Waals surface area contributed by atoms with Gasteiger partial charge in [-0.1, -0.05) is 40.9 Å². The standard InChI is InChI=1S/C13H16Cl2N2OS/c1-3-4-9-7-11(9)19(18)17-8(2)10-5-6-12(14)16-13(10)15/h5-6,9,11H,3-4,7H2,1-2H3. The predicted octanol–water partition coefficient (Wildman–Crippen LogP) is 4.05. The topological polar surface area (TPSA) is 48.3 Å². The molecule has 1 aliphatic rings. The lowest BCUT2D eigenvalue weighted by molar-refractivity contribution is 0.590. The Balaban J connectivity index is 2.06. The van der Waals surface area contributed by atoms with E-state index in [1.54, 1.807) is 19.1 Å². The molecule has 0 spiro atoms. The highest BCUT2D eigenvalue weighted by molar-refractivity contribution is 7.91. The lowest BCUT2D eigenvalue weighted by Gasteiger charge is -2.06. The van der Waals surface area contributed by atoms with E-state index in [4.69, 9.17) is 23.2 Å². The van der Waals surface area contributed by atoms with Crippen molar-refractivity contribution in [2.45, 2.75) is 38.4 Å². The Bertz CT molecular complexity index is 496. The molecule has 2 rings (SSSR count). The average molecular weight is 319 g/mol. The van der Waals surface area contributed by atoms with Crippen molar-refractivity contribution in [1.29, 1.82) is 0 Å². The largest absolute Gasteiger partial charge is 0.591 e. The smallest absolute Gasteiger partial charge is 0.146 e. The molecule has 0 bridgehead atoms. The first-order chi connectivity index (χ1) is 9.02. The van der Waals surface area contributed by atoms with Crippen LogP contribution in [0.5, 0.6) is 0 Å². The molecule has 104 valence electrons. The highest BCUT2D eigenvalue weighted by atomic mass is 35.5. The van der Waals surface area contributed by atoms with Gasteiger partial charge in [-0.2, -0.15) is 0 Å². The number of rotatable bonds is 5. The van der Waals surface area contributed by atoms with Gasteiger partial charge in [0.05, 0.1) is 17.1 Å². The Kier molecular flexibility index (Phi) is 5.12. The van der Waals surface area contributed by atoms with Crippen LogP contribution in [0.4, 0.5) is 0 Å². The SMILES string of the molecule is CCCC1CC1[S+]([O-])N=C(C)c1ccc(Cl)nc1Cl. The second kappa shape index (κ2) is 6.44. The maximum absolute atomic E-state index is 12.1. The fourth-order valence-corrected chi connectivity index (χ4v) is 3.94. The minimum atomic E-state index is -1.17. The fourth-order valence-electron chi connectivity index (χ4n) is 2.08. The average Bonchev–Trinajstić information content (AvgIpc) is 3.08. The number of aromatic nitrogens is 1. The first-order valence-corrected chi connectivity index (χ1v) is 8.24. The Morgan fingerprint density at radius 1 is 1.53 bits per heavy atom. The third-order valence-electron chi connectivity index (χ3n) is 3.21. The van der Waals surface area contributed by atoms with Gasteiger partial charge < -0.3 is 4.55 Å². The molecule has 0 radical (unpaired) electrons. The summed E-state index contributed by atoms with van der Waals surface area (Å²) >= 11 is 10.6. The van der Waals surface area contributed by atoms with Crippen molar-refractivity contribution in [3.63, 3.8) is 0 Å². The molecule has 1 aromatic heterocycles. The Morgan fingerprint density at radius 2 is 2.26 bits per heavy atom. The van der Waals surface area contributed by atoms with Crippen LogP contribution in [-0.2, 0) is 11.4 Å². The minimum absolute atomic E-state index is 0.217. The second-order valence-corrected chi connectivity index (χ2v) is 6.83. The van der Waals surface area contributed by atoms with Crippen molar-refractivity contribution in [2.24, 2.45) is 10.3 Å². The first kappa shape index (κ1) is 15.1. The van der Waals surface area contributed by atoms with E-state index in [2.05, 4.69) is 16.3 Å². The third kappa shape index (κ3) is 3.85. The monoisotopic (exact) mass is 318 g/mol. The summed E-state index contributed by atoms with van der Waals surface area (Å²) < 4.78 is 16.3. The quantitative estimate of drug-likeness (QED) is 0.467. The summed E-state index contributed by atoms with van der Waals surface area (Å²) in [6, 6.07) is 3.41. The second-order valence-electron chi connectivity index (χ2n) is 4.75. The van der Waals surface area contributed by atoms with E-state index in [1.165, 1.54) is 0 Å². The van der Waals surface area contributed by atoms with Gasteiger partial charge in [0.15, 0.2) is 0 Å². The van der Waals surface area contributed by atoms with Crippen molar-refractivity contribution < 1.29 is 4.55 Å². The lowest BCUT2D eigenvalue weighted by Crippen LogP contribution is -2.09. The summed E-state index contributed by atoms with van der Waals surface area (Å²) in [5.41, 5.74) is 1.33. The van der Waals surface area contributed by atoms with Gasteiger partial charge in [-0.05, 0) is 25.5 Å². The van der Waals surface area contributed by atoms with Gasteiger partial charge in [-0.15, -0.1) is 0 Å². The van der Waals surface area contributed by atoms with Gasteiger partial charge in [0.25, 0.3) is 0 Å². The highest BCUT2D eigenvalue weighted by Gasteiger charge is 2.47. The van der Waals surface area contributed by atoms with E-state index in [0.717, 1.165) is 19.3 Å². The van der Waals surface area contributed by atoms with Crippen LogP contribution in [0.15, 0.2) is 16.5 Å². The van der Waals surface area contributed by atoms with E-state index >= 15 is 0 Å². The van der Waals surface area contributed by atoms with Crippen molar-refractivity contribution in [2.75, 3.05) is 0 Å². The number of hydrogen-bond donors (Lipinski definition) is 0. The van der Waals surface area contributed by atoms with Crippen LogP contribution in [0.3, 0.4) is 0 Å². The van der Waals surface area contributed by atoms with Gasteiger partial charge in [-0.25, -0.2) is 4.98 Å². The maximum Gasteiger partial charge on any atom is 0.146 e. The Morgan fingerprint density at radius 3 is 2.89 bits per heavy atom. The van der Waals surface area contributed by atoms with E-state index in [0.29, 0.717) is 27.5 Å². The van der Waals surface area contributed by atoms with Crippen LogP contribution in [0.2, 0.25) is 10.3 Å². The molecule has 6 heteroatoms. The van der Waals surface area contributed by atoms with Gasteiger partial charge in [0, 0.05) is 17.9 Å². The van der Waals surface area contributed by atoms with Crippen LogP contribution >= 0.6 is 23.2 Å². The molecular formula is C13H16Cl2N2OS. The van der Waals surface area contributed by atoms with Crippen molar-refractivity contribution in [3.05, 3.63) is 28.0 Å². The zero-order chi connectivity index (χ0) is 14.0. The van der Waals surface area contributed by atoms with Gasteiger partial charge >= 0.3 is 0 Å². The van der Waals surface area contributed by atoms with Gasteiger partial charge in [-0.3, -0.25) is 0 Å². The summed E-state index contributed by atoms with van der Waals surface area (Å²) in [7, 11) is 0. The molecule has 0 aliphatic heterocycles. The summed E-state index contributed by atoms with van der Waals surface area (Å²) in [4.78, 5) is 3.96. The molecule has 3 atom stereocenters. The van der Waals surface area contributed by atoms with Crippen LogP contribution in [0.25, 0.3) is 0 Å². The number of hydrogen-bond acceptors (Lipinski definition) is 3. The van der Waals surface area contributed by atoms with E-state index in [1.807, 2.05) is 0 Å². The van der Waals surface area contributed by atoms with Crippen LogP contribution < -0.4 is 0 Å². The highest BCUT2D eigenvalue weighted by Crippen LogP contribution is 2.41. The van der Waals surface area contributed by atoms with Crippen molar-refractivity contribution in [3.8, 4) is 0 Å². The minimum Gasteiger partial charge on any atom is -0.591 e. The normalized spacial score (nSPS) is 24.4. The molecule has 1 fully saturated rings. The van der Waals surface area contributed by atoms with Crippen LogP contribution in [-0.4, -0.2) is 20.5 Å². The maximum atomic E-state index is 12.1. The number of pyridine rings is 1. The van der Waals surface area contributed by atoms with E-state index in [9.17, 15) is 4.55 Å². The summed E-state index contributed by atoms with van der Waals surface area (Å²) in [6.07, 6.45) is 3.28. The first-order valence-electron chi connectivity index (χ1n) is 6.31. The third-order valence-corrected chi connectivity index (χ3v) is 5.26. The molecule has 1 saturated carbocycles. The molecule has 3 unspecified atom stereocenters. The fraction of sp³-hybridized carbons (Fsp3) is 0.538. The number of nitrogens with zero attached hydrogens (tertiary/aromatic N) is 2. The van der Waals surface area contributed by atoms with Gasteiger partial charge in [0.2, 0.25) is 0 Å². The molecule has 1 heterocycles. The molecule has 0 N–H and O–H groups in total. The summed E-state index contributed by atoms with van der Waals surface area (Å²) in [5.74, 6) is 0.571. The zero-order valence-electron chi connectivity index (χ0n) is 10.9. The molecule has 0 saturated heterocycles. The van der Waals surface area contributed by atoms with E-state index < -0.39 is 11.4 Å². The Labute approximate surface area is 126 Å². The van der Waals surface area contributed by atoms with Crippen molar-refractivity contribution in [1.82, 2.24) is 4.98 Å². The summed E-state index contributed by atoms with van der Waals surface area (Å²) in [6.45, 7) is 3.94. The molecule has 1 aliphatic carbocycles. The molecular weight excluding hydrogens is 303 g/mol. The molecule has 19 heavy (non-hydrogen) atoms. The number of halogens is 2. The molecule has 0 aromatic carbocycles. The van der Waals surface area contributed by atoms with E-state index in [-0.39, 0.29) is 5.25 Å². The Hall–Kier alpha value is -0.290.